The summed E-state index contributed by atoms with van der Waals surface area (Å²) in [7, 11) is -3.08. The molecule has 1 fully saturated rings. The van der Waals surface area contributed by atoms with Crippen molar-refractivity contribution < 1.29 is 13.5 Å². The van der Waals surface area contributed by atoms with Gasteiger partial charge in [-0.3, -0.25) is 4.98 Å². The third kappa shape index (κ3) is 2.67. The minimum atomic E-state index is -3.08. The summed E-state index contributed by atoms with van der Waals surface area (Å²) in [6, 6.07) is 0. The van der Waals surface area contributed by atoms with Crippen LogP contribution >= 0.6 is 11.8 Å². The Morgan fingerprint density at radius 3 is 2.73 bits per heavy atom. The van der Waals surface area contributed by atoms with Gasteiger partial charge in [0.15, 0.2) is 9.84 Å². The van der Waals surface area contributed by atoms with E-state index in [2.05, 4.69) is 9.97 Å². The first-order chi connectivity index (χ1) is 7.07. The Bertz CT molecular complexity index is 434. The highest BCUT2D eigenvalue weighted by Crippen LogP contribution is 2.29. The van der Waals surface area contributed by atoms with Gasteiger partial charge in [-0.2, -0.15) is 0 Å². The molecule has 1 aliphatic rings. The molecule has 0 aliphatic carbocycles. The molecule has 0 aromatic carbocycles. The van der Waals surface area contributed by atoms with Gasteiger partial charge in [0.25, 0.3) is 0 Å². The molecule has 1 aliphatic heterocycles. The zero-order valence-electron chi connectivity index (χ0n) is 7.78. The lowest BCUT2D eigenvalue weighted by Crippen LogP contribution is -2.20. The summed E-state index contributed by atoms with van der Waals surface area (Å²) in [5, 5.41) is 9.85. The SMILES string of the molecule is O=S1(=O)CC(O)C(Sc2cnccn2)C1. The largest absolute Gasteiger partial charge is 0.391 e. The fraction of sp³-hybridized carbons (Fsp3) is 0.500. The van der Waals surface area contributed by atoms with Crippen LogP contribution in [0.4, 0.5) is 0 Å². The molecule has 82 valence electrons. The Morgan fingerprint density at radius 1 is 1.40 bits per heavy atom. The maximum absolute atomic E-state index is 11.2. The lowest BCUT2D eigenvalue weighted by Gasteiger charge is -2.10. The molecule has 1 N–H and O–H groups in total. The number of aliphatic hydroxyl groups is 1. The fourth-order valence-electron chi connectivity index (χ4n) is 1.41. The Kier molecular flexibility index (Phi) is 2.94. The molecule has 5 nitrogen and oxygen atoms in total. The van der Waals surface area contributed by atoms with Gasteiger partial charge in [0.05, 0.1) is 29.1 Å². The number of sulfone groups is 1. The molecule has 0 radical (unpaired) electrons. The molecule has 2 rings (SSSR count). The van der Waals surface area contributed by atoms with Crippen molar-refractivity contribution in [3.63, 3.8) is 0 Å². The normalized spacial score (nSPS) is 29.1. The number of thioether (sulfide) groups is 1. The highest BCUT2D eigenvalue weighted by molar-refractivity contribution is 8.01. The van der Waals surface area contributed by atoms with Gasteiger partial charge in [0, 0.05) is 12.4 Å². The summed E-state index contributed by atoms with van der Waals surface area (Å²) in [5.74, 6) is -0.139. The first-order valence-corrected chi connectivity index (χ1v) is 7.08. The highest BCUT2D eigenvalue weighted by atomic mass is 32.2. The number of nitrogens with zero attached hydrogens (tertiary/aromatic N) is 2. The Hall–Kier alpha value is -0.660. The van der Waals surface area contributed by atoms with E-state index in [1.807, 2.05) is 0 Å². The van der Waals surface area contributed by atoms with Gasteiger partial charge in [-0.25, -0.2) is 13.4 Å². The Balaban J connectivity index is 2.08. The van der Waals surface area contributed by atoms with E-state index in [0.29, 0.717) is 5.03 Å². The van der Waals surface area contributed by atoms with Crippen molar-refractivity contribution in [1.29, 1.82) is 0 Å². The second-order valence-corrected chi connectivity index (χ2v) is 6.76. The third-order valence-electron chi connectivity index (χ3n) is 2.08. The van der Waals surface area contributed by atoms with E-state index in [9.17, 15) is 13.5 Å². The van der Waals surface area contributed by atoms with Gasteiger partial charge in [-0.15, -0.1) is 0 Å². The summed E-state index contributed by atoms with van der Waals surface area (Å²) >= 11 is 1.26. The van der Waals surface area contributed by atoms with Crippen LogP contribution in [-0.2, 0) is 9.84 Å². The Morgan fingerprint density at radius 2 is 2.20 bits per heavy atom. The molecule has 0 amide bonds. The van der Waals surface area contributed by atoms with Crippen LogP contribution in [0.1, 0.15) is 0 Å². The second-order valence-electron chi connectivity index (χ2n) is 3.34. The monoisotopic (exact) mass is 246 g/mol. The molecule has 2 atom stereocenters. The molecule has 2 unspecified atom stereocenters. The van der Waals surface area contributed by atoms with Gasteiger partial charge >= 0.3 is 0 Å². The fourth-order valence-corrected chi connectivity index (χ4v) is 4.85. The first-order valence-electron chi connectivity index (χ1n) is 4.38. The molecule has 1 aromatic heterocycles. The molecular formula is C8H10N2O3S2. The highest BCUT2D eigenvalue weighted by Gasteiger charge is 2.37. The molecule has 0 spiro atoms. The van der Waals surface area contributed by atoms with Gasteiger partial charge in [-0.1, -0.05) is 11.8 Å². The standard InChI is InChI=1S/C8H10N2O3S2/c11-6-4-15(12,13)5-7(6)14-8-3-9-1-2-10-8/h1-3,6-7,11H,4-5H2. The molecule has 0 bridgehead atoms. The van der Waals surface area contributed by atoms with E-state index in [0.717, 1.165) is 0 Å². The number of hydrogen-bond donors (Lipinski definition) is 1. The van der Waals surface area contributed by atoms with Crippen LogP contribution in [0.2, 0.25) is 0 Å². The molecule has 0 saturated carbocycles. The maximum atomic E-state index is 11.2. The number of aliphatic hydroxyl groups excluding tert-OH is 1. The molecular weight excluding hydrogens is 236 g/mol. The predicted molar refractivity (Wildman–Crippen MR) is 56.3 cm³/mol. The van der Waals surface area contributed by atoms with Crippen LogP contribution in [-0.4, -0.2) is 46.4 Å². The molecule has 2 heterocycles. The van der Waals surface area contributed by atoms with Gasteiger partial charge in [0.1, 0.15) is 5.03 Å². The van der Waals surface area contributed by atoms with E-state index in [1.54, 1.807) is 12.4 Å². The summed E-state index contributed by atoms with van der Waals surface area (Å²) in [6.07, 6.45) is 3.84. The average Bonchev–Trinajstić information content (AvgIpc) is 2.41. The van der Waals surface area contributed by atoms with Gasteiger partial charge < -0.3 is 5.11 Å². The van der Waals surface area contributed by atoms with Crippen molar-refractivity contribution in [3.8, 4) is 0 Å². The quantitative estimate of drug-likeness (QED) is 0.773. The smallest absolute Gasteiger partial charge is 0.154 e. The van der Waals surface area contributed by atoms with Crippen molar-refractivity contribution in [1.82, 2.24) is 9.97 Å². The van der Waals surface area contributed by atoms with Crippen molar-refractivity contribution in [2.24, 2.45) is 0 Å². The molecule has 7 heteroatoms. The third-order valence-corrected chi connectivity index (χ3v) is 5.25. The van der Waals surface area contributed by atoms with Crippen molar-refractivity contribution in [3.05, 3.63) is 18.6 Å². The Labute approximate surface area is 91.9 Å². The summed E-state index contributed by atoms with van der Waals surface area (Å²) < 4.78 is 22.5. The molecule has 15 heavy (non-hydrogen) atoms. The van der Waals surface area contributed by atoms with Crippen LogP contribution in [0.15, 0.2) is 23.6 Å². The van der Waals surface area contributed by atoms with Crippen LogP contribution in [0.25, 0.3) is 0 Å². The van der Waals surface area contributed by atoms with Crippen LogP contribution in [0, 0.1) is 0 Å². The van der Waals surface area contributed by atoms with Crippen LogP contribution in [0.5, 0.6) is 0 Å². The number of rotatable bonds is 2. The van der Waals surface area contributed by atoms with Crippen molar-refractivity contribution in [2.45, 2.75) is 16.4 Å². The van der Waals surface area contributed by atoms with Crippen molar-refractivity contribution >= 4 is 21.6 Å². The van der Waals surface area contributed by atoms with Gasteiger partial charge in [0.2, 0.25) is 0 Å². The first kappa shape index (κ1) is 10.8. The van der Waals surface area contributed by atoms with E-state index in [-0.39, 0.29) is 16.8 Å². The zero-order chi connectivity index (χ0) is 10.9. The van der Waals surface area contributed by atoms with Crippen LogP contribution < -0.4 is 0 Å². The average molecular weight is 246 g/mol. The minimum absolute atomic E-state index is 0.00933. The second kappa shape index (κ2) is 4.07. The minimum Gasteiger partial charge on any atom is -0.391 e. The van der Waals surface area contributed by atoms with E-state index >= 15 is 0 Å². The topological polar surface area (TPSA) is 80.2 Å². The maximum Gasteiger partial charge on any atom is 0.154 e. The van der Waals surface area contributed by atoms with Crippen LogP contribution in [0.3, 0.4) is 0 Å². The summed E-state index contributed by atoms with van der Waals surface area (Å²) in [4.78, 5) is 7.89. The van der Waals surface area contributed by atoms with E-state index < -0.39 is 15.9 Å². The lowest BCUT2D eigenvalue weighted by atomic mass is 10.3. The zero-order valence-corrected chi connectivity index (χ0v) is 9.41. The summed E-state index contributed by atoms with van der Waals surface area (Å²) in [6.45, 7) is 0. The van der Waals surface area contributed by atoms with E-state index in [1.165, 1.54) is 18.0 Å². The number of hydrogen-bond acceptors (Lipinski definition) is 6. The predicted octanol–water partition coefficient (Wildman–Crippen LogP) is -0.273. The molecule has 1 saturated heterocycles. The van der Waals surface area contributed by atoms with Crippen molar-refractivity contribution in [2.75, 3.05) is 11.5 Å². The van der Waals surface area contributed by atoms with E-state index in [4.69, 9.17) is 0 Å². The van der Waals surface area contributed by atoms with Gasteiger partial charge in [-0.05, 0) is 0 Å². The molecule has 1 aromatic rings. The summed E-state index contributed by atoms with van der Waals surface area (Å²) in [5.41, 5.74) is 0. The lowest BCUT2D eigenvalue weighted by molar-refractivity contribution is 0.207. The number of aromatic nitrogens is 2.